The number of fused-ring (bicyclic) bond motifs is 1. The molecule has 0 saturated heterocycles. The molecule has 0 aliphatic carbocycles. The van der Waals surface area contributed by atoms with Crippen molar-refractivity contribution in [3.8, 4) is 11.3 Å². The monoisotopic (exact) mass is 383 g/mol. The second kappa shape index (κ2) is 7.40. The Kier molecular flexibility index (Phi) is 4.77. The Bertz CT molecular complexity index is 1260. The van der Waals surface area contributed by atoms with E-state index in [1.165, 1.54) is 6.07 Å². The van der Waals surface area contributed by atoms with Crippen LogP contribution in [0.3, 0.4) is 0 Å². The maximum Gasteiger partial charge on any atom is 0.255 e. The average molecular weight is 383 g/mol. The number of rotatable bonds is 3. The van der Waals surface area contributed by atoms with E-state index in [9.17, 15) is 9.59 Å². The van der Waals surface area contributed by atoms with Gasteiger partial charge in [-0.15, -0.1) is 0 Å². The summed E-state index contributed by atoms with van der Waals surface area (Å²) in [5, 5.41) is 3.55. The molecule has 1 N–H and O–H groups in total. The van der Waals surface area contributed by atoms with Crippen LogP contribution in [0.5, 0.6) is 0 Å². The van der Waals surface area contributed by atoms with Crippen molar-refractivity contribution in [2.24, 2.45) is 0 Å². The maximum atomic E-state index is 12.6. The van der Waals surface area contributed by atoms with Gasteiger partial charge in [0.05, 0.1) is 5.39 Å². The van der Waals surface area contributed by atoms with Crippen molar-refractivity contribution < 1.29 is 9.21 Å². The summed E-state index contributed by atoms with van der Waals surface area (Å²) in [6, 6.07) is 20.0. The second-order valence-electron chi connectivity index (χ2n) is 7.27. The molecule has 4 nitrogen and oxygen atoms in total. The van der Waals surface area contributed by atoms with Gasteiger partial charge in [-0.05, 0) is 56.2 Å². The molecule has 0 fully saturated rings. The molecular formula is C25H21NO3. The van der Waals surface area contributed by atoms with Crippen LogP contribution < -0.4 is 10.7 Å². The van der Waals surface area contributed by atoms with E-state index in [0.717, 1.165) is 27.9 Å². The first kappa shape index (κ1) is 18.7. The molecular weight excluding hydrogens is 362 g/mol. The summed E-state index contributed by atoms with van der Waals surface area (Å²) in [5.74, 6) is 0.303. The Hall–Kier alpha value is -3.66. The highest BCUT2D eigenvalue weighted by atomic mass is 16.3. The Morgan fingerprint density at radius 2 is 1.55 bits per heavy atom. The summed E-state index contributed by atoms with van der Waals surface area (Å²) < 4.78 is 5.91. The fourth-order valence-electron chi connectivity index (χ4n) is 3.40. The molecule has 4 heteroatoms. The number of aryl methyl sites for hydroxylation is 3. The van der Waals surface area contributed by atoms with Gasteiger partial charge in [0.2, 0.25) is 0 Å². The van der Waals surface area contributed by atoms with Crippen LogP contribution in [-0.2, 0) is 0 Å². The minimum absolute atomic E-state index is 0.0817. The number of carbonyl (C=O) groups excluding carboxylic acids is 1. The highest BCUT2D eigenvalue weighted by Crippen LogP contribution is 2.24. The van der Waals surface area contributed by atoms with Crippen molar-refractivity contribution in [3.63, 3.8) is 0 Å². The molecule has 0 spiro atoms. The van der Waals surface area contributed by atoms with Gasteiger partial charge in [0.1, 0.15) is 11.3 Å². The van der Waals surface area contributed by atoms with Crippen LogP contribution in [0.4, 0.5) is 5.69 Å². The lowest BCUT2D eigenvalue weighted by atomic mass is 10.1. The van der Waals surface area contributed by atoms with Gasteiger partial charge in [0, 0.05) is 22.9 Å². The van der Waals surface area contributed by atoms with Crippen molar-refractivity contribution in [3.05, 3.63) is 99.2 Å². The van der Waals surface area contributed by atoms with Gasteiger partial charge in [-0.25, -0.2) is 0 Å². The quantitative estimate of drug-likeness (QED) is 0.498. The minimum atomic E-state index is -0.176. The molecule has 0 unspecified atom stereocenters. The smallest absolute Gasteiger partial charge is 0.255 e. The summed E-state index contributed by atoms with van der Waals surface area (Å²) >= 11 is 0. The Balaban J connectivity index is 1.63. The fourth-order valence-corrected chi connectivity index (χ4v) is 3.40. The molecule has 1 amide bonds. The van der Waals surface area contributed by atoms with Gasteiger partial charge in [-0.3, -0.25) is 9.59 Å². The average Bonchev–Trinajstić information content (AvgIpc) is 2.71. The highest BCUT2D eigenvalue weighted by Gasteiger charge is 2.11. The number of anilines is 1. The number of benzene rings is 3. The first-order valence-corrected chi connectivity index (χ1v) is 9.45. The molecule has 1 heterocycles. The Morgan fingerprint density at radius 1 is 0.862 bits per heavy atom. The Labute approximate surface area is 168 Å². The van der Waals surface area contributed by atoms with E-state index < -0.39 is 0 Å². The number of amides is 1. The van der Waals surface area contributed by atoms with E-state index in [2.05, 4.69) is 5.32 Å². The van der Waals surface area contributed by atoms with Crippen molar-refractivity contribution >= 4 is 22.6 Å². The molecule has 3 aromatic carbocycles. The lowest BCUT2D eigenvalue weighted by Crippen LogP contribution is -2.13. The van der Waals surface area contributed by atoms with Gasteiger partial charge < -0.3 is 9.73 Å². The summed E-state index contributed by atoms with van der Waals surface area (Å²) in [6.07, 6.45) is 0. The van der Waals surface area contributed by atoms with E-state index in [0.29, 0.717) is 22.3 Å². The molecule has 0 aliphatic heterocycles. The van der Waals surface area contributed by atoms with Crippen LogP contribution in [0.25, 0.3) is 22.3 Å². The fraction of sp³-hybridized carbons (Fsp3) is 0.120. The van der Waals surface area contributed by atoms with Gasteiger partial charge in [0.25, 0.3) is 5.91 Å². The van der Waals surface area contributed by atoms with Crippen LogP contribution in [0.2, 0.25) is 0 Å². The van der Waals surface area contributed by atoms with E-state index in [1.807, 2.05) is 57.2 Å². The van der Waals surface area contributed by atoms with Crippen LogP contribution >= 0.6 is 0 Å². The third kappa shape index (κ3) is 3.69. The molecule has 4 aromatic rings. The van der Waals surface area contributed by atoms with Crippen molar-refractivity contribution in [2.75, 3.05) is 5.32 Å². The molecule has 0 radical (unpaired) electrons. The SMILES string of the molecule is Cc1ccc2oc(-c3ccc(C(=O)Nc4c(C)cccc4C)cc3)cc(=O)c2c1. The van der Waals surface area contributed by atoms with Crippen LogP contribution in [0, 0.1) is 20.8 Å². The highest BCUT2D eigenvalue weighted by molar-refractivity contribution is 6.05. The second-order valence-corrected chi connectivity index (χ2v) is 7.27. The van der Waals surface area contributed by atoms with E-state index in [1.54, 1.807) is 24.3 Å². The van der Waals surface area contributed by atoms with E-state index >= 15 is 0 Å². The molecule has 144 valence electrons. The zero-order chi connectivity index (χ0) is 20.5. The molecule has 4 rings (SSSR count). The van der Waals surface area contributed by atoms with Crippen LogP contribution in [0.15, 0.2) is 75.9 Å². The number of nitrogens with one attached hydrogen (secondary N) is 1. The van der Waals surface area contributed by atoms with Gasteiger partial charge in [-0.2, -0.15) is 0 Å². The molecule has 29 heavy (non-hydrogen) atoms. The molecule has 1 aromatic heterocycles. The predicted molar refractivity (Wildman–Crippen MR) is 117 cm³/mol. The first-order chi connectivity index (χ1) is 13.9. The summed E-state index contributed by atoms with van der Waals surface area (Å²) in [7, 11) is 0. The van der Waals surface area contributed by atoms with Crippen LogP contribution in [0.1, 0.15) is 27.0 Å². The summed E-state index contributed by atoms with van der Waals surface area (Å²) in [5.41, 5.74) is 5.63. The number of carbonyl (C=O) groups is 1. The van der Waals surface area contributed by atoms with Gasteiger partial charge >= 0.3 is 0 Å². The Morgan fingerprint density at radius 3 is 2.24 bits per heavy atom. The standard InChI is InChI=1S/C25H21NO3/c1-15-7-12-22-20(13-15)21(27)14-23(29-22)18-8-10-19(11-9-18)25(28)26-24-16(2)5-4-6-17(24)3/h4-14H,1-3H3,(H,26,28). The van der Waals surface area contributed by atoms with Crippen molar-refractivity contribution in [1.82, 2.24) is 0 Å². The van der Waals surface area contributed by atoms with Gasteiger partial charge in [-0.1, -0.05) is 42.0 Å². The third-order valence-corrected chi connectivity index (χ3v) is 5.03. The van der Waals surface area contributed by atoms with Gasteiger partial charge in [0.15, 0.2) is 5.43 Å². The predicted octanol–water partition coefficient (Wildman–Crippen LogP) is 5.64. The van der Waals surface area contributed by atoms with Crippen LogP contribution in [-0.4, -0.2) is 5.91 Å². The number of hydrogen-bond donors (Lipinski definition) is 1. The molecule has 0 bridgehead atoms. The molecule has 0 atom stereocenters. The topological polar surface area (TPSA) is 59.3 Å². The van der Waals surface area contributed by atoms with Crippen molar-refractivity contribution in [1.29, 1.82) is 0 Å². The minimum Gasteiger partial charge on any atom is -0.456 e. The third-order valence-electron chi connectivity index (χ3n) is 5.03. The zero-order valence-corrected chi connectivity index (χ0v) is 16.6. The lowest BCUT2D eigenvalue weighted by Gasteiger charge is -2.11. The summed E-state index contributed by atoms with van der Waals surface area (Å²) in [4.78, 5) is 25.1. The number of para-hydroxylation sites is 1. The molecule has 0 aliphatic rings. The van der Waals surface area contributed by atoms with E-state index in [4.69, 9.17) is 4.42 Å². The number of hydrogen-bond acceptors (Lipinski definition) is 3. The van der Waals surface area contributed by atoms with Crippen molar-refractivity contribution in [2.45, 2.75) is 20.8 Å². The first-order valence-electron chi connectivity index (χ1n) is 9.45. The van der Waals surface area contributed by atoms with E-state index in [-0.39, 0.29) is 11.3 Å². The zero-order valence-electron chi connectivity index (χ0n) is 16.6. The largest absolute Gasteiger partial charge is 0.456 e. The normalized spacial score (nSPS) is 10.9. The molecule has 0 saturated carbocycles. The summed E-state index contributed by atoms with van der Waals surface area (Å²) in [6.45, 7) is 5.87. The maximum absolute atomic E-state index is 12.6. The lowest BCUT2D eigenvalue weighted by molar-refractivity contribution is 0.102.